The second kappa shape index (κ2) is 12.3. The monoisotopic (exact) mass is 527 g/mol. The molecular formula is C30H33F4N3O. The van der Waals surface area contributed by atoms with Gasteiger partial charge < -0.3 is 9.88 Å². The maximum absolute atomic E-state index is 15.6. The number of halogens is 4. The second-order valence-electron chi connectivity index (χ2n) is 9.56. The molecule has 1 N–H and O–H groups in total. The van der Waals surface area contributed by atoms with Crippen LogP contribution in [0, 0.1) is 23.1 Å². The van der Waals surface area contributed by atoms with Crippen LogP contribution < -0.4 is 5.32 Å². The zero-order valence-corrected chi connectivity index (χ0v) is 22.2. The summed E-state index contributed by atoms with van der Waals surface area (Å²) in [4.78, 5) is 13.4. The molecule has 0 radical (unpaired) electrons. The number of anilines is 1. The quantitative estimate of drug-likeness (QED) is 0.270. The lowest BCUT2D eigenvalue weighted by atomic mass is 9.93. The van der Waals surface area contributed by atoms with E-state index in [1.165, 1.54) is 34.9 Å². The number of amides is 1. The molecule has 0 saturated heterocycles. The van der Waals surface area contributed by atoms with Gasteiger partial charge in [-0.3, -0.25) is 4.79 Å². The van der Waals surface area contributed by atoms with E-state index in [9.17, 15) is 23.2 Å². The van der Waals surface area contributed by atoms with E-state index < -0.39 is 23.5 Å². The van der Waals surface area contributed by atoms with Crippen LogP contribution in [0.4, 0.5) is 23.2 Å². The predicted molar refractivity (Wildman–Crippen MR) is 141 cm³/mol. The molecule has 8 heteroatoms. The van der Waals surface area contributed by atoms with E-state index in [2.05, 4.69) is 19.2 Å². The number of aryl methyl sites for hydroxylation is 1. The van der Waals surface area contributed by atoms with Gasteiger partial charge in [0.05, 0.1) is 22.9 Å². The van der Waals surface area contributed by atoms with E-state index >= 15 is 4.39 Å². The van der Waals surface area contributed by atoms with Crippen molar-refractivity contribution < 1.29 is 22.4 Å². The van der Waals surface area contributed by atoms with Crippen molar-refractivity contribution in [1.29, 1.82) is 5.26 Å². The Morgan fingerprint density at radius 2 is 1.84 bits per heavy atom. The van der Waals surface area contributed by atoms with Gasteiger partial charge in [-0.15, -0.1) is 0 Å². The molecule has 0 fully saturated rings. The molecule has 0 aliphatic heterocycles. The van der Waals surface area contributed by atoms with Crippen LogP contribution >= 0.6 is 0 Å². The van der Waals surface area contributed by atoms with Gasteiger partial charge in [0, 0.05) is 11.4 Å². The molecule has 202 valence electrons. The smallest absolute Gasteiger partial charge is 0.318 e. The number of carbonyl (C=O) groups is 1. The highest BCUT2D eigenvalue weighted by Crippen LogP contribution is 2.36. The summed E-state index contributed by atoms with van der Waals surface area (Å²) >= 11 is 0. The summed E-state index contributed by atoms with van der Waals surface area (Å²) in [5.41, 5.74) is 0.459. The Bertz CT molecular complexity index is 1330. The molecule has 0 aliphatic carbocycles. The zero-order chi connectivity index (χ0) is 28.0. The van der Waals surface area contributed by atoms with Gasteiger partial charge in [0.15, 0.2) is 0 Å². The van der Waals surface area contributed by atoms with E-state index in [0.717, 1.165) is 24.5 Å². The van der Waals surface area contributed by atoms with Crippen LogP contribution in [-0.4, -0.2) is 10.5 Å². The number of alkyl halides is 3. The number of rotatable bonds is 10. The summed E-state index contributed by atoms with van der Waals surface area (Å²) in [6, 6.07) is 12.0. The molecule has 4 nitrogen and oxygen atoms in total. The molecule has 1 atom stereocenters. The van der Waals surface area contributed by atoms with Crippen molar-refractivity contribution in [3.63, 3.8) is 0 Å². The van der Waals surface area contributed by atoms with Crippen molar-refractivity contribution in [3.05, 3.63) is 81.9 Å². The van der Waals surface area contributed by atoms with Gasteiger partial charge in [-0.1, -0.05) is 52.7 Å². The van der Waals surface area contributed by atoms with E-state index in [1.54, 1.807) is 13.0 Å². The van der Waals surface area contributed by atoms with Gasteiger partial charge in [-0.05, 0) is 73.1 Å². The summed E-state index contributed by atoms with van der Waals surface area (Å²) in [5, 5.41) is 11.8. The Hall–Kier alpha value is -3.60. The van der Waals surface area contributed by atoms with Crippen LogP contribution in [0.1, 0.15) is 85.4 Å². The predicted octanol–water partition coefficient (Wildman–Crippen LogP) is 8.25. The molecule has 3 rings (SSSR count). The van der Waals surface area contributed by atoms with Crippen molar-refractivity contribution in [2.24, 2.45) is 5.92 Å². The van der Waals surface area contributed by atoms with Crippen LogP contribution in [0.25, 0.3) is 5.69 Å². The average molecular weight is 528 g/mol. The Labute approximate surface area is 221 Å². The molecular weight excluding hydrogens is 494 g/mol. The number of carbonyl (C=O) groups excluding carboxylic acids is 1. The van der Waals surface area contributed by atoms with Crippen LogP contribution in [-0.2, 0) is 25.4 Å². The molecule has 3 aromatic rings. The molecule has 1 amide bonds. The molecule has 1 heterocycles. The molecule has 1 aromatic heterocycles. The maximum Gasteiger partial charge on any atom is 0.418 e. The summed E-state index contributed by atoms with van der Waals surface area (Å²) in [6.07, 6.45) is -0.876. The highest BCUT2D eigenvalue weighted by atomic mass is 19.4. The number of hydrogen-bond donors (Lipinski definition) is 1. The van der Waals surface area contributed by atoms with Gasteiger partial charge in [0.25, 0.3) is 5.91 Å². The first kappa shape index (κ1) is 29.0. The Balaban J connectivity index is 2.08. The van der Waals surface area contributed by atoms with Gasteiger partial charge in [-0.25, -0.2) is 4.39 Å². The fourth-order valence-corrected chi connectivity index (χ4v) is 4.63. The highest BCUT2D eigenvalue weighted by molar-refractivity contribution is 6.04. The van der Waals surface area contributed by atoms with E-state index in [-0.39, 0.29) is 34.7 Å². The van der Waals surface area contributed by atoms with Crippen LogP contribution in [0.2, 0.25) is 0 Å². The Morgan fingerprint density at radius 1 is 1.11 bits per heavy atom. The van der Waals surface area contributed by atoms with Crippen LogP contribution in [0.3, 0.4) is 0 Å². The number of nitriles is 1. The molecule has 0 spiro atoms. The maximum atomic E-state index is 15.6. The normalized spacial score (nSPS) is 12.3. The number of nitrogens with zero attached hydrogens (tertiary/aromatic N) is 2. The molecule has 38 heavy (non-hydrogen) atoms. The number of benzene rings is 2. The van der Waals surface area contributed by atoms with Crippen molar-refractivity contribution >= 4 is 11.6 Å². The van der Waals surface area contributed by atoms with Gasteiger partial charge in [0.1, 0.15) is 11.5 Å². The van der Waals surface area contributed by atoms with E-state index in [0.29, 0.717) is 30.7 Å². The van der Waals surface area contributed by atoms with Crippen molar-refractivity contribution in [3.8, 4) is 11.8 Å². The lowest BCUT2D eigenvalue weighted by Crippen LogP contribution is -2.19. The van der Waals surface area contributed by atoms with Crippen molar-refractivity contribution in [2.45, 2.75) is 72.4 Å². The van der Waals surface area contributed by atoms with Crippen LogP contribution in [0.15, 0.2) is 42.5 Å². The number of hydrogen-bond acceptors (Lipinski definition) is 2. The minimum absolute atomic E-state index is 0.0151. The highest BCUT2D eigenvalue weighted by Gasteiger charge is 2.37. The zero-order valence-electron chi connectivity index (χ0n) is 22.2. The van der Waals surface area contributed by atoms with E-state index in [1.807, 2.05) is 13.0 Å². The molecule has 0 saturated carbocycles. The molecule has 2 aromatic carbocycles. The molecule has 1 unspecified atom stereocenters. The SMILES string of the molecule is CCCc1c(CCC(C)CC)ccc(NC(=O)c2cc(C(F)(F)F)c(CC)n2-c2cccc(C#N)c2)c1F. The van der Waals surface area contributed by atoms with Crippen molar-refractivity contribution in [1.82, 2.24) is 4.57 Å². The van der Waals surface area contributed by atoms with E-state index in [4.69, 9.17) is 0 Å². The van der Waals surface area contributed by atoms with Crippen LogP contribution in [0.5, 0.6) is 0 Å². The van der Waals surface area contributed by atoms with Gasteiger partial charge in [-0.2, -0.15) is 18.4 Å². The topological polar surface area (TPSA) is 57.8 Å². The minimum Gasteiger partial charge on any atom is -0.318 e. The largest absolute Gasteiger partial charge is 0.418 e. The first-order valence-corrected chi connectivity index (χ1v) is 13.0. The lowest BCUT2D eigenvalue weighted by Gasteiger charge is -2.17. The Morgan fingerprint density at radius 3 is 2.45 bits per heavy atom. The summed E-state index contributed by atoms with van der Waals surface area (Å²) in [7, 11) is 0. The fourth-order valence-electron chi connectivity index (χ4n) is 4.63. The third kappa shape index (κ3) is 6.27. The third-order valence-corrected chi connectivity index (χ3v) is 6.90. The summed E-state index contributed by atoms with van der Waals surface area (Å²) in [5.74, 6) is -0.931. The second-order valence-corrected chi connectivity index (χ2v) is 9.56. The average Bonchev–Trinajstić information content (AvgIpc) is 3.31. The lowest BCUT2D eigenvalue weighted by molar-refractivity contribution is -0.138. The first-order valence-electron chi connectivity index (χ1n) is 13.0. The minimum atomic E-state index is -4.70. The number of nitrogens with one attached hydrogen (secondary N) is 1. The third-order valence-electron chi connectivity index (χ3n) is 6.90. The molecule has 0 bridgehead atoms. The Kier molecular flexibility index (Phi) is 9.37. The fraction of sp³-hybridized carbons (Fsp3) is 0.400. The molecule has 0 aliphatic rings. The van der Waals surface area contributed by atoms with Gasteiger partial charge in [0.2, 0.25) is 0 Å². The summed E-state index contributed by atoms with van der Waals surface area (Å²) < 4.78 is 58.6. The van der Waals surface area contributed by atoms with Gasteiger partial charge >= 0.3 is 6.18 Å². The number of aromatic nitrogens is 1. The van der Waals surface area contributed by atoms with Crippen molar-refractivity contribution in [2.75, 3.05) is 5.32 Å². The summed E-state index contributed by atoms with van der Waals surface area (Å²) in [6.45, 7) is 7.76. The first-order chi connectivity index (χ1) is 18.0. The standard InChI is InChI=1S/C30H33F4N3O/c1-5-9-23-21(13-12-19(4)6-2)14-15-25(28(23)31)36-29(38)27-17-24(30(32,33)34)26(7-3)37(27)22-11-8-10-20(16-22)18-35/h8,10-11,14-17,19H,5-7,9,12-13H2,1-4H3,(H,36,38).